The second-order valence-corrected chi connectivity index (χ2v) is 4.79. The van der Waals surface area contributed by atoms with Crippen molar-refractivity contribution in [2.75, 3.05) is 27.2 Å². The summed E-state index contributed by atoms with van der Waals surface area (Å²) >= 11 is 4.79. The van der Waals surface area contributed by atoms with Crippen LogP contribution in [0.3, 0.4) is 0 Å². The Morgan fingerprint density at radius 2 is 2.43 bits per heavy atom. The van der Waals surface area contributed by atoms with Crippen LogP contribution in [0.4, 0.5) is 0 Å². The third-order valence-electron chi connectivity index (χ3n) is 1.82. The summed E-state index contributed by atoms with van der Waals surface area (Å²) < 4.78 is 0.966. The van der Waals surface area contributed by atoms with Crippen LogP contribution < -0.4 is 5.32 Å². The second-order valence-electron chi connectivity index (χ2n) is 2.96. The predicted octanol–water partition coefficient (Wildman–Crippen LogP) is 1.80. The van der Waals surface area contributed by atoms with Crippen molar-refractivity contribution in [1.82, 2.24) is 10.2 Å². The summed E-state index contributed by atoms with van der Waals surface area (Å²) in [5.74, 6) is 0.0796. The first-order valence-corrected chi connectivity index (χ1v) is 5.96. The third-order valence-corrected chi connectivity index (χ3v) is 3.50. The predicted molar refractivity (Wildman–Crippen MR) is 62.9 cm³/mol. The van der Waals surface area contributed by atoms with Gasteiger partial charge in [0.25, 0.3) is 5.91 Å². The maximum Gasteiger partial charge on any atom is 0.263 e. The maximum absolute atomic E-state index is 11.8. The molecule has 78 valence electrons. The van der Waals surface area contributed by atoms with E-state index in [1.807, 2.05) is 25.5 Å². The van der Waals surface area contributed by atoms with Gasteiger partial charge in [0, 0.05) is 30.0 Å². The molecular formula is C9H13BrN2OS. The van der Waals surface area contributed by atoms with E-state index in [1.54, 1.807) is 4.90 Å². The van der Waals surface area contributed by atoms with E-state index in [1.165, 1.54) is 11.3 Å². The van der Waals surface area contributed by atoms with E-state index in [-0.39, 0.29) is 5.91 Å². The number of halogens is 1. The Kier molecular flexibility index (Phi) is 4.57. The van der Waals surface area contributed by atoms with Gasteiger partial charge >= 0.3 is 0 Å². The van der Waals surface area contributed by atoms with Gasteiger partial charge in [-0.3, -0.25) is 4.79 Å². The summed E-state index contributed by atoms with van der Waals surface area (Å²) in [5.41, 5.74) is 0. The molecule has 1 aromatic heterocycles. The molecule has 0 aromatic carbocycles. The summed E-state index contributed by atoms with van der Waals surface area (Å²) in [6.45, 7) is 1.54. The molecule has 0 aliphatic rings. The molecule has 0 radical (unpaired) electrons. The Balaban J connectivity index is 2.56. The molecule has 3 nitrogen and oxygen atoms in total. The van der Waals surface area contributed by atoms with Crippen LogP contribution in [0.5, 0.6) is 0 Å². The zero-order valence-corrected chi connectivity index (χ0v) is 10.6. The van der Waals surface area contributed by atoms with Gasteiger partial charge in [0.2, 0.25) is 0 Å². The molecule has 0 spiro atoms. The number of hydrogen-bond donors (Lipinski definition) is 1. The normalized spacial score (nSPS) is 10.2. The zero-order valence-electron chi connectivity index (χ0n) is 8.21. The lowest BCUT2D eigenvalue weighted by molar-refractivity contribution is 0.0801. The van der Waals surface area contributed by atoms with E-state index in [2.05, 4.69) is 21.2 Å². The number of carbonyl (C=O) groups is 1. The molecule has 1 N–H and O–H groups in total. The van der Waals surface area contributed by atoms with E-state index in [0.29, 0.717) is 0 Å². The zero-order chi connectivity index (χ0) is 10.6. The van der Waals surface area contributed by atoms with E-state index in [0.717, 1.165) is 22.4 Å². The molecular weight excluding hydrogens is 264 g/mol. The molecule has 5 heteroatoms. The van der Waals surface area contributed by atoms with Gasteiger partial charge in [0.05, 0.1) is 4.88 Å². The van der Waals surface area contributed by atoms with Gasteiger partial charge in [-0.05, 0) is 29.0 Å². The lowest BCUT2D eigenvalue weighted by Crippen LogP contribution is -2.32. The molecule has 14 heavy (non-hydrogen) atoms. The highest BCUT2D eigenvalue weighted by molar-refractivity contribution is 9.10. The topological polar surface area (TPSA) is 32.3 Å². The van der Waals surface area contributed by atoms with E-state index in [9.17, 15) is 4.79 Å². The number of carbonyl (C=O) groups excluding carboxylic acids is 1. The fraction of sp³-hybridized carbons (Fsp3) is 0.444. The van der Waals surface area contributed by atoms with Crippen LogP contribution in [0.2, 0.25) is 0 Å². The number of likely N-dealkylation sites (N-methyl/N-ethyl adjacent to an activating group) is 2. The number of hydrogen-bond acceptors (Lipinski definition) is 3. The second kappa shape index (κ2) is 5.48. The van der Waals surface area contributed by atoms with Crippen LogP contribution in [0, 0.1) is 0 Å². The average molecular weight is 277 g/mol. The maximum atomic E-state index is 11.8. The van der Waals surface area contributed by atoms with Gasteiger partial charge in [-0.15, -0.1) is 11.3 Å². The molecule has 1 heterocycles. The lowest BCUT2D eigenvalue weighted by atomic mass is 10.4. The van der Waals surface area contributed by atoms with Crippen molar-refractivity contribution in [3.8, 4) is 0 Å². The molecule has 1 aromatic rings. The van der Waals surface area contributed by atoms with E-state index in [4.69, 9.17) is 0 Å². The van der Waals surface area contributed by atoms with Crippen molar-refractivity contribution < 1.29 is 4.79 Å². The number of nitrogens with one attached hydrogen (secondary N) is 1. The quantitative estimate of drug-likeness (QED) is 0.910. The standard InChI is InChI=1S/C9H13BrN2OS/c1-11-3-4-12(2)9(13)8-5-7(10)6-14-8/h5-6,11H,3-4H2,1-2H3. The largest absolute Gasteiger partial charge is 0.340 e. The highest BCUT2D eigenvalue weighted by Crippen LogP contribution is 2.20. The summed E-state index contributed by atoms with van der Waals surface area (Å²) in [4.78, 5) is 14.2. The Bertz CT molecular complexity index is 314. The molecule has 0 atom stereocenters. The van der Waals surface area contributed by atoms with Gasteiger partial charge in [-0.25, -0.2) is 0 Å². The van der Waals surface area contributed by atoms with Crippen LogP contribution in [0.15, 0.2) is 15.9 Å². The molecule has 1 amide bonds. The van der Waals surface area contributed by atoms with E-state index < -0.39 is 0 Å². The summed E-state index contributed by atoms with van der Waals surface area (Å²) in [5, 5.41) is 4.93. The Morgan fingerprint density at radius 3 is 2.93 bits per heavy atom. The minimum atomic E-state index is 0.0796. The van der Waals surface area contributed by atoms with Crippen molar-refractivity contribution >= 4 is 33.2 Å². The first-order chi connectivity index (χ1) is 6.65. The van der Waals surface area contributed by atoms with Crippen LogP contribution in [0.25, 0.3) is 0 Å². The van der Waals surface area contributed by atoms with Crippen LogP contribution in [-0.2, 0) is 0 Å². The Labute approximate surface area is 96.2 Å². The van der Waals surface area contributed by atoms with Gasteiger partial charge in [-0.2, -0.15) is 0 Å². The smallest absolute Gasteiger partial charge is 0.263 e. The first kappa shape index (κ1) is 11.7. The molecule has 1 rings (SSSR count). The van der Waals surface area contributed by atoms with Gasteiger partial charge in [-0.1, -0.05) is 0 Å². The van der Waals surface area contributed by atoms with Crippen molar-refractivity contribution in [2.24, 2.45) is 0 Å². The van der Waals surface area contributed by atoms with Crippen molar-refractivity contribution in [3.63, 3.8) is 0 Å². The Morgan fingerprint density at radius 1 is 1.71 bits per heavy atom. The number of rotatable bonds is 4. The van der Waals surface area contributed by atoms with Gasteiger partial charge in [0.1, 0.15) is 0 Å². The van der Waals surface area contributed by atoms with Crippen molar-refractivity contribution in [2.45, 2.75) is 0 Å². The minimum absolute atomic E-state index is 0.0796. The summed E-state index contributed by atoms with van der Waals surface area (Å²) in [6, 6.07) is 1.85. The molecule has 0 bridgehead atoms. The minimum Gasteiger partial charge on any atom is -0.340 e. The summed E-state index contributed by atoms with van der Waals surface area (Å²) in [7, 11) is 3.69. The molecule has 0 unspecified atom stereocenters. The van der Waals surface area contributed by atoms with E-state index >= 15 is 0 Å². The highest BCUT2D eigenvalue weighted by Gasteiger charge is 2.12. The molecule has 0 aliphatic heterocycles. The number of amides is 1. The van der Waals surface area contributed by atoms with Gasteiger partial charge < -0.3 is 10.2 Å². The lowest BCUT2D eigenvalue weighted by Gasteiger charge is -2.15. The van der Waals surface area contributed by atoms with Crippen LogP contribution >= 0.6 is 27.3 Å². The fourth-order valence-electron chi connectivity index (χ4n) is 0.994. The average Bonchev–Trinajstić information content (AvgIpc) is 2.60. The SMILES string of the molecule is CNCCN(C)C(=O)c1cc(Br)cs1. The monoisotopic (exact) mass is 276 g/mol. The number of nitrogens with zero attached hydrogens (tertiary/aromatic N) is 1. The molecule has 0 aliphatic carbocycles. The summed E-state index contributed by atoms with van der Waals surface area (Å²) in [6.07, 6.45) is 0. The Hall–Kier alpha value is -0.390. The number of thiophene rings is 1. The van der Waals surface area contributed by atoms with Crippen molar-refractivity contribution in [1.29, 1.82) is 0 Å². The molecule has 0 fully saturated rings. The fourth-order valence-corrected chi connectivity index (χ4v) is 2.41. The molecule has 0 saturated heterocycles. The van der Waals surface area contributed by atoms with Gasteiger partial charge in [0.15, 0.2) is 0 Å². The van der Waals surface area contributed by atoms with Crippen LogP contribution in [0.1, 0.15) is 9.67 Å². The van der Waals surface area contributed by atoms with Crippen LogP contribution in [-0.4, -0.2) is 38.0 Å². The van der Waals surface area contributed by atoms with Crippen molar-refractivity contribution in [3.05, 3.63) is 20.8 Å². The first-order valence-electron chi connectivity index (χ1n) is 4.29. The third kappa shape index (κ3) is 3.08. The highest BCUT2D eigenvalue weighted by atomic mass is 79.9. The molecule has 0 saturated carbocycles.